The van der Waals surface area contributed by atoms with Gasteiger partial charge in [-0.2, -0.15) is 0 Å². The minimum atomic E-state index is 0.448. The lowest BCUT2D eigenvalue weighted by molar-refractivity contribution is 0.435. The van der Waals surface area contributed by atoms with Gasteiger partial charge in [0.2, 0.25) is 0 Å². The predicted octanol–water partition coefficient (Wildman–Crippen LogP) is 2.84. The van der Waals surface area contributed by atoms with Gasteiger partial charge in [-0.25, -0.2) is 0 Å². The summed E-state index contributed by atoms with van der Waals surface area (Å²) in [6.07, 6.45) is 0. The molecular weight excluding hydrogens is 291 g/mol. The van der Waals surface area contributed by atoms with Crippen LogP contribution in [0.5, 0.6) is 0 Å². The Morgan fingerprint density at radius 3 is 2.64 bits per heavy atom. The number of nitrogens with two attached hydrogens (primary N) is 1. The number of aromatic nitrogens is 1. The smallest absolute Gasteiger partial charge is 0.182 e. The highest BCUT2D eigenvalue weighted by molar-refractivity contribution is 14.1. The Morgan fingerprint density at radius 1 is 1.36 bits per heavy atom. The van der Waals surface area contributed by atoms with Gasteiger partial charge in [-0.3, -0.25) is 0 Å². The summed E-state index contributed by atoms with van der Waals surface area (Å²) < 4.78 is 6.05. The van der Waals surface area contributed by atoms with E-state index in [1.165, 1.54) is 0 Å². The van der Waals surface area contributed by atoms with Crippen molar-refractivity contribution in [3.8, 4) is 11.3 Å². The molecule has 0 bridgehead atoms. The van der Waals surface area contributed by atoms with Crippen LogP contribution in [0.4, 0.5) is 5.82 Å². The van der Waals surface area contributed by atoms with E-state index in [1.807, 2.05) is 31.2 Å². The fourth-order valence-corrected chi connectivity index (χ4v) is 1.77. The van der Waals surface area contributed by atoms with E-state index >= 15 is 0 Å². The third-order valence-electron chi connectivity index (χ3n) is 2.05. The van der Waals surface area contributed by atoms with Gasteiger partial charge in [-0.15, -0.1) is 0 Å². The lowest BCUT2D eigenvalue weighted by Crippen LogP contribution is -1.87. The van der Waals surface area contributed by atoms with Gasteiger partial charge >= 0.3 is 0 Å². The van der Waals surface area contributed by atoms with E-state index in [0.717, 1.165) is 20.5 Å². The molecule has 0 amide bonds. The van der Waals surface area contributed by atoms with Crippen molar-refractivity contribution in [2.75, 3.05) is 5.73 Å². The fourth-order valence-electron chi connectivity index (χ4n) is 1.29. The molecule has 2 rings (SSSR count). The summed E-state index contributed by atoms with van der Waals surface area (Å²) in [5.41, 5.74) is 7.81. The van der Waals surface area contributed by atoms with E-state index < -0.39 is 0 Å². The zero-order valence-corrected chi connectivity index (χ0v) is 9.78. The highest BCUT2D eigenvalue weighted by Gasteiger charge is 2.13. The molecule has 3 nitrogen and oxygen atoms in total. The van der Waals surface area contributed by atoms with E-state index in [1.54, 1.807) is 0 Å². The number of benzene rings is 1. The fraction of sp³-hybridized carbons (Fsp3) is 0.100. The molecular formula is C10H9IN2O. The maximum atomic E-state index is 5.62. The maximum absolute atomic E-state index is 5.62. The van der Waals surface area contributed by atoms with Crippen LogP contribution in [0, 0.1) is 10.5 Å². The summed E-state index contributed by atoms with van der Waals surface area (Å²) in [6.45, 7) is 2.03. The molecule has 14 heavy (non-hydrogen) atoms. The van der Waals surface area contributed by atoms with Crippen LogP contribution in [-0.4, -0.2) is 5.16 Å². The second kappa shape index (κ2) is 3.61. The van der Waals surface area contributed by atoms with Gasteiger partial charge in [-0.05, 0) is 35.1 Å². The summed E-state index contributed by atoms with van der Waals surface area (Å²) >= 11 is 2.14. The largest absolute Gasteiger partial charge is 0.380 e. The van der Waals surface area contributed by atoms with Crippen LogP contribution in [0.3, 0.4) is 0 Å². The molecule has 1 aromatic heterocycles. The third-order valence-corrected chi connectivity index (χ3v) is 3.09. The highest BCUT2D eigenvalue weighted by atomic mass is 127. The molecule has 2 N–H and O–H groups in total. The minimum absolute atomic E-state index is 0.448. The Morgan fingerprint density at radius 2 is 2.07 bits per heavy atom. The summed E-state index contributed by atoms with van der Waals surface area (Å²) in [5, 5.41) is 3.73. The van der Waals surface area contributed by atoms with Crippen molar-refractivity contribution in [3.63, 3.8) is 0 Å². The average molecular weight is 300 g/mol. The zero-order chi connectivity index (χ0) is 10.1. The van der Waals surface area contributed by atoms with Crippen molar-refractivity contribution in [3.05, 3.63) is 33.4 Å². The van der Waals surface area contributed by atoms with Crippen LogP contribution in [0.25, 0.3) is 11.3 Å². The van der Waals surface area contributed by atoms with Gasteiger partial charge < -0.3 is 10.3 Å². The van der Waals surface area contributed by atoms with Gasteiger partial charge in [0.05, 0.1) is 0 Å². The van der Waals surface area contributed by atoms with Crippen molar-refractivity contribution >= 4 is 28.4 Å². The normalized spacial score (nSPS) is 10.4. The van der Waals surface area contributed by atoms with E-state index in [0.29, 0.717) is 5.82 Å². The Bertz CT molecular complexity index is 465. The second-order valence-corrected chi connectivity index (χ2v) is 4.10. The van der Waals surface area contributed by atoms with E-state index in [2.05, 4.69) is 27.7 Å². The highest BCUT2D eigenvalue weighted by Crippen LogP contribution is 2.30. The van der Waals surface area contributed by atoms with Crippen LogP contribution in [-0.2, 0) is 0 Å². The van der Waals surface area contributed by atoms with Crippen molar-refractivity contribution < 1.29 is 4.52 Å². The first-order chi connectivity index (χ1) is 6.70. The van der Waals surface area contributed by atoms with Gasteiger partial charge in [-0.1, -0.05) is 29.4 Å². The zero-order valence-electron chi connectivity index (χ0n) is 7.62. The molecule has 0 unspecified atom stereocenters. The molecule has 0 spiro atoms. The monoisotopic (exact) mass is 300 g/mol. The molecule has 2 aromatic rings. The maximum Gasteiger partial charge on any atom is 0.182 e. The first-order valence-electron chi connectivity index (χ1n) is 4.17. The van der Waals surface area contributed by atoms with Crippen molar-refractivity contribution in [1.82, 2.24) is 5.16 Å². The Balaban J connectivity index is 2.60. The van der Waals surface area contributed by atoms with Gasteiger partial charge in [0.1, 0.15) is 3.57 Å². The third kappa shape index (κ3) is 1.50. The number of hydrogen-bond acceptors (Lipinski definition) is 3. The van der Waals surface area contributed by atoms with Gasteiger partial charge in [0.25, 0.3) is 0 Å². The molecule has 72 valence electrons. The Labute approximate surface area is 95.4 Å². The topological polar surface area (TPSA) is 52.0 Å². The quantitative estimate of drug-likeness (QED) is 0.824. The second-order valence-electron chi connectivity index (χ2n) is 3.03. The number of rotatable bonds is 1. The molecule has 0 aliphatic carbocycles. The number of nitrogens with zero attached hydrogens (tertiary/aromatic N) is 1. The van der Waals surface area contributed by atoms with Gasteiger partial charge in [0, 0.05) is 5.56 Å². The molecule has 1 heterocycles. The van der Waals surface area contributed by atoms with Crippen LogP contribution in [0.15, 0.2) is 28.8 Å². The van der Waals surface area contributed by atoms with Crippen molar-refractivity contribution in [2.45, 2.75) is 6.92 Å². The number of anilines is 1. The molecule has 0 fully saturated rings. The summed E-state index contributed by atoms with van der Waals surface area (Å²) in [5.74, 6) is 1.20. The van der Waals surface area contributed by atoms with Crippen LogP contribution in [0.1, 0.15) is 5.56 Å². The average Bonchev–Trinajstić information content (AvgIpc) is 2.49. The van der Waals surface area contributed by atoms with E-state index in [-0.39, 0.29) is 0 Å². The molecule has 0 aliphatic heterocycles. The molecule has 4 heteroatoms. The summed E-state index contributed by atoms with van der Waals surface area (Å²) in [6, 6.07) is 7.99. The van der Waals surface area contributed by atoms with Crippen LogP contribution in [0.2, 0.25) is 0 Å². The predicted molar refractivity (Wildman–Crippen MR) is 63.8 cm³/mol. The first-order valence-corrected chi connectivity index (χ1v) is 5.24. The lowest BCUT2D eigenvalue weighted by Gasteiger charge is -2.00. The van der Waals surface area contributed by atoms with Crippen LogP contribution >= 0.6 is 22.6 Å². The molecule has 0 aliphatic rings. The van der Waals surface area contributed by atoms with Crippen LogP contribution < -0.4 is 5.73 Å². The van der Waals surface area contributed by atoms with E-state index in [9.17, 15) is 0 Å². The van der Waals surface area contributed by atoms with Crippen molar-refractivity contribution in [2.24, 2.45) is 0 Å². The summed E-state index contributed by atoms with van der Waals surface area (Å²) in [7, 11) is 0. The number of nitrogen functional groups attached to an aromatic ring is 1. The lowest BCUT2D eigenvalue weighted by atomic mass is 10.1. The number of hydrogen-bond donors (Lipinski definition) is 1. The van der Waals surface area contributed by atoms with Crippen molar-refractivity contribution in [1.29, 1.82) is 0 Å². The molecule has 0 saturated carbocycles. The SMILES string of the molecule is Cc1ccccc1-c1onc(N)c1I. The minimum Gasteiger partial charge on any atom is -0.380 e. The summed E-state index contributed by atoms with van der Waals surface area (Å²) in [4.78, 5) is 0. The number of halogens is 1. The molecule has 0 radical (unpaired) electrons. The first kappa shape index (κ1) is 9.51. The molecule has 0 saturated heterocycles. The molecule has 0 atom stereocenters. The number of aryl methyl sites for hydroxylation is 1. The Kier molecular flexibility index (Phi) is 2.45. The standard InChI is InChI=1S/C10H9IN2O/c1-6-4-2-3-5-7(6)9-8(11)10(12)13-14-9/h2-5H,1H3,(H2,12,13). The van der Waals surface area contributed by atoms with Gasteiger partial charge in [0.15, 0.2) is 11.6 Å². The molecule has 1 aromatic carbocycles. The Hall–Kier alpha value is -1.04. The van der Waals surface area contributed by atoms with E-state index in [4.69, 9.17) is 10.3 Å².